The Balaban J connectivity index is 1.72. The summed E-state index contributed by atoms with van der Waals surface area (Å²) in [7, 11) is 0. The summed E-state index contributed by atoms with van der Waals surface area (Å²) in [6, 6.07) is 17.1. The lowest BCUT2D eigenvalue weighted by molar-refractivity contribution is -0.129. The summed E-state index contributed by atoms with van der Waals surface area (Å²) in [6.45, 7) is 6.24. The van der Waals surface area contributed by atoms with Crippen LogP contribution in [0.1, 0.15) is 18.1 Å². The standard InChI is InChI=1S/C25H20ClNO4/c1-3-12-30-23-20(26)13-16(15-22(23)29-4-2)14-21-25(28)31-24(27-21)19-11-7-9-17-8-5-6-10-18(17)19/h3,5-11,13-15H,1,4,12H2,2H3/b21-14+. The molecule has 0 saturated carbocycles. The first-order chi connectivity index (χ1) is 15.1. The van der Waals surface area contributed by atoms with Gasteiger partial charge in [-0.2, -0.15) is 0 Å². The zero-order valence-corrected chi connectivity index (χ0v) is 17.7. The number of cyclic esters (lactones) is 1. The number of carbonyl (C=O) groups is 1. The highest BCUT2D eigenvalue weighted by Gasteiger charge is 2.25. The SMILES string of the molecule is C=CCOc1c(Cl)cc(/C=C2/N=C(c3cccc4ccccc34)OC2=O)cc1OCC. The smallest absolute Gasteiger partial charge is 0.363 e. The first kappa shape index (κ1) is 20.7. The van der Waals surface area contributed by atoms with Crippen molar-refractivity contribution in [3.8, 4) is 11.5 Å². The molecule has 0 fully saturated rings. The average Bonchev–Trinajstić information content (AvgIpc) is 3.13. The van der Waals surface area contributed by atoms with Gasteiger partial charge >= 0.3 is 5.97 Å². The molecular formula is C25H20ClNO4. The number of ether oxygens (including phenoxy) is 3. The molecule has 0 spiro atoms. The monoisotopic (exact) mass is 433 g/mol. The number of hydrogen-bond donors (Lipinski definition) is 0. The predicted molar refractivity (Wildman–Crippen MR) is 123 cm³/mol. The Bertz CT molecular complexity index is 1220. The van der Waals surface area contributed by atoms with Crippen molar-refractivity contribution in [3.63, 3.8) is 0 Å². The third-order valence-corrected chi connectivity index (χ3v) is 4.90. The van der Waals surface area contributed by atoms with E-state index in [-0.39, 0.29) is 11.6 Å². The van der Waals surface area contributed by atoms with Crippen molar-refractivity contribution in [2.75, 3.05) is 13.2 Å². The first-order valence-corrected chi connectivity index (χ1v) is 10.2. The Hall–Kier alpha value is -3.57. The fraction of sp³-hybridized carbons (Fsp3) is 0.120. The fourth-order valence-corrected chi connectivity index (χ4v) is 3.58. The number of aliphatic imine (C=N–C) groups is 1. The van der Waals surface area contributed by atoms with Gasteiger partial charge in [0.05, 0.1) is 11.6 Å². The number of halogens is 1. The maximum atomic E-state index is 12.5. The van der Waals surface area contributed by atoms with Crippen LogP contribution in [0.25, 0.3) is 16.8 Å². The van der Waals surface area contributed by atoms with Gasteiger partial charge in [-0.1, -0.05) is 60.7 Å². The Morgan fingerprint density at radius 3 is 2.74 bits per heavy atom. The second-order valence-corrected chi connectivity index (χ2v) is 7.13. The van der Waals surface area contributed by atoms with E-state index in [9.17, 15) is 4.79 Å². The molecule has 0 amide bonds. The van der Waals surface area contributed by atoms with Crippen LogP contribution >= 0.6 is 11.6 Å². The predicted octanol–water partition coefficient (Wildman–Crippen LogP) is 5.80. The average molecular weight is 434 g/mol. The van der Waals surface area contributed by atoms with Crippen LogP contribution in [0.3, 0.4) is 0 Å². The highest BCUT2D eigenvalue weighted by atomic mass is 35.5. The number of benzene rings is 3. The fourth-order valence-electron chi connectivity index (χ4n) is 3.31. The van der Waals surface area contributed by atoms with Gasteiger partial charge in [0, 0.05) is 5.56 Å². The number of esters is 1. The second-order valence-electron chi connectivity index (χ2n) is 6.73. The van der Waals surface area contributed by atoms with E-state index in [4.69, 9.17) is 25.8 Å². The van der Waals surface area contributed by atoms with Gasteiger partial charge in [-0.3, -0.25) is 0 Å². The lowest BCUT2D eigenvalue weighted by atomic mass is 10.0. The minimum Gasteiger partial charge on any atom is -0.490 e. The molecule has 1 aliphatic heterocycles. The summed E-state index contributed by atoms with van der Waals surface area (Å²) >= 11 is 6.40. The molecule has 0 aromatic heterocycles. The Morgan fingerprint density at radius 1 is 1.13 bits per heavy atom. The number of rotatable bonds is 7. The molecule has 1 heterocycles. The second kappa shape index (κ2) is 9.06. The zero-order valence-electron chi connectivity index (χ0n) is 16.9. The van der Waals surface area contributed by atoms with Gasteiger partial charge in [-0.05, 0) is 47.5 Å². The van der Waals surface area contributed by atoms with Crippen LogP contribution in [-0.4, -0.2) is 25.1 Å². The van der Waals surface area contributed by atoms with Crippen molar-refractivity contribution in [1.82, 2.24) is 0 Å². The maximum Gasteiger partial charge on any atom is 0.363 e. The van der Waals surface area contributed by atoms with Crippen LogP contribution in [0.2, 0.25) is 5.02 Å². The summed E-state index contributed by atoms with van der Waals surface area (Å²) in [5.41, 5.74) is 1.59. The maximum absolute atomic E-state index is 12.5. The number of nitrogens with zero attached hydrogens (tertiary/aromatic N) is 1. The Morgan fingerprint density at radius 2 is 1.94 bits per heavy atom. The highest BCUT2D eigenvalue weighted by molar-refractivity contribution is 6.32. The molecule has 0 atom stereocenters. The number of fused-ring (bicyclic) bond motifs is 1. The van der Waals surface area contributed by atoms with E-state index >= 15 is 0 Å². The quantitative estimate of drug-likeness (QED) is 0.268. The van der Waals surface area contributed by atoms with Crippen molar-refractivity contribution in [2.45, 2.75) is 6.92 Å². The Kier molecular flexibility index (Phi) is 6.05. The molecule has 0 saturated heterocycles. The van der Waals surface area contributed by atoms with Crippen molar-refractivity contribution in [3.05, 3.63) is 89.1 Å². The molecule has 0 unspecified atom stereocenters. The summed E-state index contributed by atoms with van der Waals surface area (Å²) in [5, 5.41) is 2.37. The van der Waals surface area contributed by atoms with E-state index in [0.717, 1.165) is 16.3 Å². The van der Waals surface area contributed by atoms with Crippen LogP contribution in [0.4, 0.5) is 0 Å². The molecule has 3 aromatic rings. The van der Waals surface area contributed by atoms with Crippen LogP contribution in [-0.2, 0) is 9.53 Å². The van der Waals surface area contributed by atoms with Gasteiger partial charge in [-0.25, -0.2) is 9.79 Å². The lowest BCUT2D eigenvalue weighted by Crippen LogP contribution is -2.06. The zero-order chi connectivity index (χ0) is 21.8. The van der Waals surface area contributed by atoms with E-state index in [0.29, 0.717) is 35.3 Å². The number of hydrogen-bond acceptors (Lipinski definition) is 5. The van der Waals surface area contributed by atoms with Crippen molar-refractivity contribution in [1.29, 1.82) is 0 Å². The van der Waals surface area contributed by atoms with E-state index in [1.54, 1.807) is 24.3 Å². The molecule has 0 aliphatic carbocycles. The molecule has 0 radical (unpaired) electrons. The van der Waals surface area contributed by atoms with E-state index in [1.165, 1.54) is 0 Å². The van der Waals surface area contributed by atoms with Gasteiger partial charge in [0.15, 0.2) is 17.2 Å². The highest BCUT2D eigenvalue weighted by Crippen LogP contribution is 2.37. The molecule has 0 N–H and O–H groups in total. The minimum atomic E-state index is -0.524. The normalized spacial score (nSPS) is 14.5. The van der Waals surface area contributed by atoms with Crippen LogP contribution < -0.4 is 9.47 Å². The molecule has 6 heteroatoms. The van der Waals surface area contributed by atoms with Crippen molar-refractivity contribution < 1.29 is 19.0 Å². The van der Waals surface area contributed by atoms with E-state index < -0.39 is 5.97 Å². The molecule has 3 aromatic carbocycles. The van der Waals surface area contributed by atoms with Crippen LogP contribution in [0.15, 0.2) is 77.9 Å². The van der Waals surface area contributed by atoms with Gasteiger partial charge in [0.25, 0.3) is 0 Å². The van der Waals surface area contributed by atoms with Crippen LogP contribution in [0, 0.1) is 0 Å². The largest absolute Gasteiger partial charge is 0.490 e. The topological polar surface area (TPSA) is 57.1 Å². The molecule has 5 nitrogen and oxygen atoms in total. The Labute approximate surface area is 185 Å². The molecule has 156 valence electrons. The summed E-state index contributed by atoms with van der Waals surface area (Å²) in [4.78, 5) is 16.9. The first-order valence-electron chi connectivity index (χ1n) is 9.81. The summed E-state index contributed by atoms with van der Waals surface area (Å²) in [6.07, 6.45) is 3.24. The van der Waals surface area contributed by atoms with Gasteiger partial charge in [0.1, 0.15) is 6.61 Å². The molecule has 0 bridgehead atoms. The third kappa shape index (κ3) is 4.32. The third-order valence-electron chi connectivity index (χ3n) is 4.62. The van der Waals surface area contributed by atoms with Gasteiger partial charge < -0.3 is 14.2 Å². The minimum absolute atomic E-state index is 0.182. The van der Waals surface area contributed by atoms with Gasteiger partial charge in [0.2, 0.25) is 5.90 Å². The summed E-state index contributed by atoms with van der Waals surface area (Å²) < 4.78 is 16.7. The lowest BCUT2D eigenvalue weighted by Gasteiger charge is -2.13. The van der Waals surface area contributed by atoms with E-state index in [1.807, 2.05) is 49.4 Å². The van der Waals surface area contributed by atoms with Gasteiger partial charge in [-0.15, -0.1) is 0 Å². The van der Waals surface area contributed by atoms with E-state index in [2.05, 4.69) is 11.6 Å². The molecule has 31 heavy (non-hydrogen) atoms. The molecular weight excluding hydrogens is 414 g/mol. The van der Waals surface area contributed by atoms with Crippen molar-refractivity contribution >= 4 is 40.3 Å². The number of carbonyl (C=O) groups excluding carboxylic acids is 1. The molecule has 4 rings (SSSR count). The van der Waals surface area contributed by atoms with Crippen molar-refractivity contribution in [2.24, 2.45) is 4.99 Å². The van der Waals surface area contributed by atoms with Crippen LogP contribution in [0.5, 0.6) is 11.5 Å². The molecule has 1 aliphatic rings. The summed E-state index contributed by atoms with van der Waals surface area (Å²) in [5.74, 6) is 0.659.